The van der Waals surface area contributed by atoms with Crippen molar-refractivity contribution in [3.05, 3.63) is 32.7 Å². The summed E-state index contributed by atoms with van der Waals surface area (Å²) < 4.78 is 1.75. The Bertz CT molecular complexity index is 348. The SMILES string of the molecule is CN(CCN)C(=O)c1cc(Br)cc(Br)c1. The van der Waals surface area contributed by atoms with Gasteiger partial charge in [0.15, 0.2) is 0 Å². The first-order valence-corrected chi connectivity index (χ1v) is 6.05. The van der Waals surface area contributed by atoms with Gasteiger partial charge in [0.1, 0.15) is 0 Å². The molecule has 15 heavy (non-hydrogen) atoms. The number of carbonyl (C=O) groups is 1. The summed E-state index contributed by atoms with van der Waals surface area (Å²) >= 11 is 6.69. The molecule has 5 heteroatoms. The maximum atomic E-state index is 11.9. The van der Waals surface area contributed by atoms with E-state index in [4.69, 9.17) is 5.73 Å². The number of amides is 1. The van der Waals surface area contributed by atoms with E-state index < -0.39 is 0 Å². The second-order valence-electron chi connectivity index (χ2n) is 3.17. The molecule has 0 aliphatic carbocycles. The number of halogens is 2. The van der Waals surface area contributed by atoms with Crippen LogP contribution in [0.25, 0.3) is 0 Å². The first-order valence-electron chi connectivity index (χ1n) is 4.46. The predicted octanol–water partition coefficient (Wildman–Crippen LogP) is 2.24. The molecule has 0 bridgehead atoms. The largest absolute Gasteiger partial charge is 0.340 e. The van der Waals surface area contributed by atoms with E-state index in [2.05, 4.69) is 31.9 Å². The molecular weight excluding hydrogens is 324 g/mol. The molecule has 0 atom stereocenters. The zero-order valence-electron chi connectivity index (χ0n) is 8.34. The molecule has 0 saturated carbocycles. The molecule has 0 saturated heterocycles. The van der Waals surface area contributed by atoms with Crippen molar-refractivity contribution >= 4 is 37.8 Å². The minimum absolute atomic E-state index is 0.0255. The van der Waals surface area contributed by atoms with Crippen LogP contribution in [0.2, 0.25) is 0 Å². The van der Waals surface area contributed by atoms with Crippen LogP contribution in [0, 0.1) is 0 Å². The number of nitrogens with zero attached hydrogens (tertiary/aromatic N) is 1. The summed E-state index contributed by atoms with van der Waals surface area (Å²) in [7, 11) is 1.74. The molecule has 1 rings (SSSR count). The van der Waals surface area contributed by atoms with Crippen LogP contribution >= 0.6 is 31.9 Å². The van der Waals surface area contributed by atoms with Gasteiger partial charge in [0, 0.05) is 34.6 Å². The van der Waals surface area contributed by atoms with Crippen LogP contribution in [0.4, 0.5) is 0 Å². The van der Waals surface area contributed by atoms with Crippen molar-refractivity contribution in [3.63, 3.8) is 0 Å². The van der Waals surface area contributed by atoms with Crippen LogP contribution in [0.3, 0.4) is 0 Å². The zero-order valence-corrected chi connectivity index (χ0v) is 11.5. The van der Waals surface area contributed by atoms with Crippen LogP contribution < -0.4 is 5.73 Å². The molecule has 0 aliphatic rings. The lowest BCUT2D eigenvalue weighted by atomic mass is 10.2. The number of hydrogen-bond acceptors (Lipinski definition) is 2. The zero-order chi connectivity index (χ0) is 11.4. The summed E-state index contributed by atoms with van der Waals surface area (Å²) in [5, 5.41) is 0. The van der Waals surface area contributed by atoms with E-state index in [1.165, 1.54) is 0 Å². The van der Waals surface area contributed by atoms with Crippen LogP contribution in [0.1, 0.15) is 10.4 Å². The van der Waals surface area contributed by atoms with Crippen LogP contribution in [-0.4, -0.2) is 30.9 Å². The third-order valence-corrected chi connectivity index (χ3v) is 2.84. The lowest BCUT2D eigenvalue weighted by Crippen LogP contribution is -2.31. The minimum Gasteiger partial charge on any atom is -0.340 e. The fourth-order valence-corrected chi connectivity index (χ4v) is 2.49. The quantitative estimate of drug-likeness (QED) is 0.920. The summed E-state index contributed by atoms with van der Waals surface area (Å²) in [6.45, 7) is 1.03. The van der Waals surface area contributed by atoms with E-state index in [0.29, 0.717) is 18.7 Å². The van der Waals surface area contributed by atoms with E-state index in [1.807, 2.05) is 6.07 Å². The van der Waals surface area contributed by atoms with Gasteiger partial charge in [-0.1, -0.05) is 31.9 Å². The van der Waals surface area contributed by atoms with Crippen molar-refractivity contribution in [1.29, 1.82) is 0 Å². The maximum absolute atomic E-state index is 11.9. The molecule has 0 heterocycles. The number of likely N-dealkylation sites (N-methyl/N-ethyl adjacent to an activating group) is 1. The van der Waals surface area contributed by atoms with Gasteiger partial charge in [0.2, 0.25) is 0 Å². The molecule has 2 N–H and O–H groups in total. The number of benzene rings is 1. The Labute approximate surface area is 106 Å². The lowest BCUT2D eigenvalue weighted by Gasteiger charge is -2.16. The van der Waals surface area contributed by atoms with Gasteiger partial charge in [-0.05, 0) is 18.2 Å². The van der Waals surface area contributed by atoms with Gasteiger partial charge in [-0.2, -0.15) is 0 Å². The monoisotopic (exact) mass is 334 g/mol. The van der Waals surface area contributed by atoms with Gasteiger partial charge < -0.3 is 10.6 Å². The van der Waals surface area contributed by atoms with Crippen molar-refractivity contribution in [2.45, 2.75) is 0 Å². The molecule has 1 aromatic rings. The Morgan fingerprint density at radius 2 is 1.87 bits per heavy atom. The van der Waals surface area contributed by atoms with Crippen molar-refractivity contribution in [2.24, 2.45) is 5.73 Å². The van der Waals surface area contributed by atoms with Crippen molar-refractivity contribution in [1.82, 2.24) is 4.90 Å². The average molecular weight is 336 g/mol. The van der Waals surface area contributed by atoms with Gasteiger partial charge in [-0.25, -0.2) is 0 Å². The van der Waals surface area contributed by atoms with E-state index in [1.54, 1.807) is 24.1 Å². The van der Waals surface area contributed by atoms with Crippen molar-refractivity contribution < 1.29 is 4.79 Å². The Kier molecular flexibility index (Phi) is 4.76. The number of nitrogens with two attached hydrogens (primary N) is 1. The molecular formula is C10H12Br2N2O. The Hall–Kier alpha value is -0.390. The molecule has 0 aliphatic heterocycles. The molecule has 3 nitrogen and oxygen atoms in total. The summed E-state index contributed by atoms with van der Waals surface area (Å²) in [6.07, 6.45) is 0. The van der Waals surface area contributed by atoms with Crippen LogP contribution in [0.5, 0.6) is 0 Å². The molecule has 1 aromatic carbocycles. The third-order valence-electron chi connectivity index (χ3n) is 1.92. The topological polar surface area (TPSA) is 46.3 Å². The average Bonchev–Trinajstić information content (AvgIpc) is 2.15. The molecule has 0 unspecified atom stereocenters. The highest BCUT2D eigenvalue weighted by Crippen LogP contribution is 2.20. The first-order chi connectivity index (χ1) is 7.04. The van der Waals surface area contributed by atoms with Crippen molar-refractivity contribution in [3.8, 4) is 0 Å². The first kappa shape index (κ1) is 12.7. The number of carbonyl (C=O) groups excluding carboxylic acids is 1. The van der Waals surface area contributed by atoms with E-state index in [0.717, 1.165) is 8.95 Å². The second kappa shape index (κ2) is 5.63. The fraction of sp³-hybridized carbons (Fsp3) is 0.300. The van der Waals surface area contributed by atoms with Crippen molar-refractivity contribution in [2.75, 3.05) is 20.1 Å². The summed E-state index contributed by atoms with van der Waals surface area (Å²) in [4.78, 5) is 13.5. The molecule has 0 radical (unpaired) electrons. The van der Waals surface area contributed by atoms with Crippen LogP contribution in [0.15, 0.2) is 27.1 Å². The van der Waals surface area contributed by atoms with Gasteiger partial charge in [0.25, 0.3) is 5.91 Å². The molecule has 1 amide bonds. The third kappa shape index (κ3) is 3.59. The standard InChI is InChI=1S/C10H12Br2N2O/c1-14(3-2-13)10(15)7-4-8(11)6-9(12)5-7/h4-6H,2-3,13H2,1H3. The van der Waals surface area contributed by atoms with Gasteiger partial charge in [-0.3, -0.25) is 4.79 Å². The maximum Gasteiger partial charge on any atom is 0.253 e. The van der Waals surface area contributed by atoms with Gasteiger partial charge >= 0.3 is 0 Å². The van der Waals surface area contributed by atoms with Gasteiger partial charge in [0.05, 0.1) is 0 Å². The van der Waals surface area contributed by atoms with E-state index >= 15 is 0 Å². The highest BCUT2D eigenvalue weighted by Gasteiger charge is 2.11. The fourth-order valence-electron chi connectivity index (χ4n) is 1.19. The Morgan fingerprint density at radius 1 is 1.33 bits per heavy atom. The molecule has 0 aromatic heterocycles. The predicted molar refractivity (Wildman–Crippen MR) is 67.9 cm³/mol. The highest BCUT2D eigenvalue weighted by atomic mass is 79.9. The lowest BCUT2D eigenvalue weighted by molar-refractivity contribution is 0.0799. The molecule has 82 valence electrons. The van der Waals surface area contributed by atoms with Crippen LogP contribution in [-0.2, 0) is 0 Å². The number of hydrogen-bond donors (Lipinski definition) is 1. The highest BCUT2D eigenvalue weighted by molar-refractivity contribution is 9.11. The normalized spacial score (nSPS) is 10.1. The molecule has 0 spiro atoms. The second-order valence-corrected chi connectivity index (χ2v) is 5.00. The minimum atomic E-state index is -0.0255. The summed E-state index contributed by atoms with van der Waals surface area (Å²) in [5.74, 6) is -0.0255. The number of rotatable bonds is 3. The molecule has 0 fully saturated rings. The van der Waals surface area contributed by atoms with Gasteiger partial charge in [-0.15, -0.1) is 0 Å². The Morgan fingerprint density at radius 3 is 2.33 bits per heavy atom. The van der Waals surface area contributed by atoms with E-state index in [-0.39, 0.29) is 5.91 Å². The van der Waals surface area contributed by atoms with E-state index in [9.17, 15) is 4.79 Å². The summed E-state index contributed by atoms with van der Waals surface area (Å²) in [5.41, 5.74) is 6.04. The Balaban J connectivity index is 2.90. The smallest absolute Gasteiger partial charge is 0.253 e. The summed E-state index contributed by atoms with van der Waals surface area (Å²) in [6, 6.07) is 5.47.